The summed E-state index contributed by atoms with van der Waals surface area (Å²) < 4.78 is 5.07. The number of alkyl carbamates (subject to hydrolysis) is 1. The van der Waals surface area contributed by atoms with E-state index >= 15 is 0 Å². The van der Waals surface area contributed by atoms with E-state index in [0.29, 0.717) is 17.5 Å². The van der Waals surface area contributed by atoms with E-state index in [1.807, 2.05) is 30.3 Å². The molecular formula is C17H17ClN4O2. The molecule has 3 heterocycles. The normalized spacial score (nSPS) is 23.2. The fourth-order valence-corrected chi connectivity index (χ4v) is 3.46. The molecule has 2 aromatic rings. The predicted molar refractivity (Wildman–Crippen MR) is 91.1 cm³/mol. The number of amides is 1. The van der Waals surface area contributed by atoms with Gasteiger partial charge in [0, 0.05) is 35.7 Å². The van der Waals surface area contributed by atoms with Gasteiger partial charge >= 0.3 is 6.09 Å². The Balaban J connectivity index is 1.56. The Hall–Kier alpha value is -2.34. The van der Waals surface area contributed by atoms with Crippen molar-refractivity contribution in [2.45, 2.75) is 12.5 Å². The van der Waals surface area contributed by atoms with E-state index < -0.39 is 0 Å². The molecule has 0 radical (unpaired) electrons. The fraction of sp³-hybridized carbons (Fsp3) is 0.353. The largest absolute Gasteiger partial charge is 0.449 e. The van der Waals surface area contributed by atoms with Gasteiger partial charge in [0.1, 0.15) is 12.1 Å². The van der Waals surface area contributed by atoms with Crippen LogP contribution in [0.4, 0.5) is 10.6 Å². The van der Waals surface area contributed by atoms with Gasteiger partial charge in [0.2, 0.25) is 0 Å². The standard InChI is InChI=1S/C17H17ClN4O2/c18-13-3-1-2-11(6-13)14-7-16(20-10-19-14)22-5-4-12-9-24-17(23)21-15(12)8-22/h1-3,6-7,10,12,15H,4-5,8-9H2,(H,21,23)/t12-,15+/m1/s1. The van der Waals surface area contributed by atoms with Crippen molar-refractivity contribution in [3.63, 3.8) is 0 Å². The Morgan fingerprint density at radius 3 is 3.08 bits per heavy atom. The van der Waals surface area contributed by atoms with Crippen molar-refractivity contribution in [2.75, 3.05) is 24.6 Å². The van der Waals surface area contributed by atoms with Gasteiger partial charge in [0.25, 0.3) is 0 Å². The third kappa shape index (κ3) is 3.01. The first kappa shape index (κ1) is 15.2. The van der Waals surface area contributed by atoms with Gasteiger partial charge in [-0.25, -0.2) is 14.8 Å². The van der Waals surface area contributed by atoms with Crippen LogP contribution in [0.2, 0.25) is 5.02 Å². The second kappa shape index (κ2) is 6.28. The number of benzene rings is 1. The first-order valence-electron chi connectivity index (χ1n) is 7.95. The van der Waals surface area contributed by atoms with Gasteiger partial charge in [0.15, 0.2) is 0 Å². The summed E-state index contributed by atoms with van der Waals surface area (Å²) >= 11 is 6.07. The van der Waals surface area contributed by atoms with Crippen molar-refractivity contribution in [1.29, 1.82) is 0 Å². The molecule has 1 amide bonds. The third-order valence-electron chi connectivity index (χ3n) is 4.58. The predicted octanol–water partition coefficient (Wildman–Crippen LogP) is 2.73. The molecule has 0 unspecified atom stereocenters. The van der Waals surface area contributed by atoms with Crippen LogP contribution in [0, 0.1) is 5.92 Å². The second-order valence-electron chi connectivity index (χ2n) is 6.12. The molecule has 2 saturated heterocycles. The number of nitrogens with one attached hydrogen (secondary N) is 1. The van der Waals surface area contributed by atoms with Gasteiger partial charge in [-0.2, -0.15) is 0 Å². The molecule has 2 fully saturated rings. The minimum atomic E-state index is -0.333. The van der Waals surface area contributed by atoms with Gasteiger partial charge in [-0.3, -0.25) is 0 Å². The van der Waals surface area contributed by atoms with E-state index in [1.165, 1.54) is 0 Å². The van der Waals surface area contributed by atoms with E-state index in [0.717, 1.165) is 36.6 Å². The molecule has 1 aromatic carbocycles. The molecule has 1 aromatic heterocycles. The van der Waals surface area contributed by atoms with E-state index in [9.17, 15) is 4.79 Å². The van der Waals surface area contributed by atoms with Crippen LogP contribution in [0.25, 0.3) is 11.3 Å². The van der Waals surface area contributed by atoms with Crippen LogP contribution in [0.5, 0.6) is 0 Å². The van der Waals surface area contributed by atoms with Crippen LogP contribution >= 0.6 is 11.6 Å². The number of carbonyl (C=O) groups excluding carboxylic acids is 1. The van der Waals surface area contributed by atoms with Gasteiger partial charge in [-0.05, 0) is 18.6 Å². The summed E-state index contributed by atoms with van der Waals surface area (Å²) in [5.74, 6) is 1.23. The zero-order valence-electron chi connectivity index (χ0n) is 13.0. The average Bonchev–Trinajstić information content (AvgIpc) is 2.61. The van der Waals surface area contributed by atoms with Crippen molar-refractivity contribution in [3.8, 4) is 11.3 Å². The van der Waals surface area contributed by atoms with Gasteiger partial charge in [-0.15, -0.1) is 0 Å². The molecule has 2 aliphatic heterocycles. The Bertz CT molecular complexity index is 770. The molecule has 0 bridgehead atoms. The lowest BCUT2D eigenvalue weighted by Crippen LogP contribution is -2.57. The molecule has 24 heavy (non-hydrogen) atoms. The third-order valence-corrected chi connectivity index (χ3v) is 4.82. The Morgan fingerprint density at radius 1 is 1.29 bits per heavy atom. The van der Waals surface area contributed by atoms with Crippen LogP contribution in [0.1, 0.15) is 6.42 Å². The number of hydrogen-bond acceptors (Lipinski definition) is 5. The summed E-state index contributed by atoms with van der Waals surface area (Å²) in [4.78, 5) is 22.4. The molecule has 0 saturated carbocycles. The number of aromatic nitrogens is 2. The number of hydrogen-bond donors (Lipinski definition) is 1. The van der Waals surface area contributed by atoms with Crippen molar-refractivity contribution in [2.24, 2.45) is 5.92 Å². The van der Waals surface area contributed by atoms with Crippen molar-refractivity contribution in [3.05, 3.63) is 41.7 Å². The second-order valence-corrected chi connectivity index (χ2v) is 6.55. The molecule has 1 N–H and O–H groups in total. The Kier molecular flexibility index (Phi) is 3.98. The van der Waals surface area contributed by atoms with Crippen LogP contribution < -0.4 is 10.2 Å². The summed E-state index contributed by atoms with van der Waals surface area (Å²) in [6, 6.07) is 9.67. The van der Waals surface area contributed by atoms with E-state index in [4.69, 9.17) is 16.3 Å². The summed E-state index contributed by atoms with van der Waals surface area (Å²) in [5, 5.41) is 3.59. The van der Waals surface area contributed by atoms with E-state index in [2.05, 4.69) is 20.2 Å². The summed E-state index contributed by atoms with van der Waals surface area (Å²) in [7, 11) is 0. The lowest BCUT2D eigenvalue weighted by Gasteiger charge is -2.41. The van der Waals surface area contributed by atoms with Gasteiger partial charge in [0.05, 0.1) is 18.3 Å². The van der Waals surface area contributed by atoms with Gasteiger partial charge < -0.3 is 15.0 Å². The summed E-state index contributed by atoms with van der Waals surface area (Å²) in [6.45, 7) is 2.11. The molecule has 7 heteroatoms. The SMILES string of the molecule is O=C1N[C@H]2CN(c3cc(-c4cccc(Cl)c4)ncn3)CC[C@@H]2CO1. The zero-order chi connectivity index (χ0) is 16.5. The number of cyclic esters (lactones) is 1. The highest BCUT2D eigenvalue weighted by Gasteiger charge is 2.35. The zero-order valence-corrected chi connectivity index (χ0v) is 13.7. The lowest BCUT2D eigenvalue weighted by atomic mass is 9.91. The highest BCUT2D eigenvalue weighted by atomic mass is 35.5. The van der Waals surface area contributed by atoms with Crippen molar-refractivity contribution < 1.29 is 9.53 Å². The van der Waals surface area contributed by atoms with Crippen LogP contribution in [-0.2, 0) is 4.74 Å². The Labute approximate surface area is 144 Å². The molecule has 2 atom stereocenters. The molecule has 0 aliphatic carbocycles. The summed E-state index contributed by atoms with van der Waals surface area (Å²) in [5.41, 5.74) is 1.79. The highest BCUT2D eigenvalue weighted by molar-refractivity contribution is 6.30. The number of fused-ring (bicyclic) bond motifs is 1. The Morgan fingerprint density at radius 2 is 2.21 bits per heavy atom. The molecular weight excluding hydrogens is 328 g/mol. The maximum absolute atomic E-state index is 11.4. The number of nitrogens with zero attached hydrogens (tertiary/aromatic N) is 3. The first-order valence-corrected chi connectivity index (χ1v) is 8.33. The molecule has 2 aliphatic rings. The quantitative estimate of drug-likeness (QED) is 0.907. The smallest absolute Gasteiger partial charge is 0.407 e. The van der Waals surface area contributed by atoms with E-state index in [-0.39, 0.29) is 12.1 Å². The van der Waals surface area contributed by atoms with Crippen LogP contribution in [0.15, 0.2) is 36.7 Å². The molecule has 124 valence electrons. The first-order chi connectivity index (χ1) is 11.7. The lowest BCUT2D eigenvalue weighted by molar-refractivity contribution is 0.0732. The van der Waals surface area contributed by atoms with Crippen molar-refractivity contribution >= 4 is 23.5 Å². The minimum Gasteiger partial charge on any atom is -0.449 e. The minimum absolute atomic E-state index is 0.101. The average molecular weight is 345 g/mol. The highest BCUT2D eigenvalue weighted by Crippen LogP contribution is 2.27. The number of halogens is 1. The number of piperidine rings is 1. The maximum atomic E-state index is 11.4. The van der Waals surface area contributed by atoms with Crippen molar-refractivity contribution in [1.82, 2.24) is 15.3 Å². The number of ether oxygens (including phenoxy) is 1. The van der Waals surface area contributed by atoms with Crippen LogP contribution in [-0.4, -0.2) is 41.8 Å². The van der Waals surface area contributed by atoms with Crippen LogP contribution in [0.3, 0.4) is 0 Å². The number of anilines is 1. The number of carbonyl (C=O) groups is 1. The molecule has 0 spiro atoms. The van der Waals surface area contributed by atoms with E-state index in [1.54, 1.807) is 6.33 Å². The fourth-order valence-electron chi connectivity index (χ4n) is 3.27. The maximum Gasteiger partial charge on any atom is 0.407 e. The summed E-state index contributed by atoms with van der Waals surface area (Å²) in [6.07, 6.45) is 2.20. The molecule has 4 rings (SSSR count). The van der Waals surface area contributed by atoms with Gasteiger partial charge in [-0.1, -0.05) is 23.7 Å². The number of rotatable bonds is 2. The monoisotopic (exact) mass is 344 g/mol. The molecule has 6 nitrogen and oxygen atoms in total. The topological polar surface area (TPSA) is 67.4 Å².